The number of benzene rings is 2. The molecule has 1 atom stereocenters. The lowest BCUT2D eigenvalue weighted by molar-refractivity contribution is 0.415. The van der Waals surface area contributed by atoms with Crippen molar-refractivity contribution in [2.75, 3.05) is 7.11 Å². The molecule has 0 aliphatic rings. The monoisotopic (exact) mass is 308 g/mol. The predicted octanol–water partition coefficient (Wildman–Crippen LogP) is 4.20. The third-order valence-electron chi connectivity index (χ3n) is 3.78. The molecular formula is C19H20N2O2. The Morgan fingerprint density at radius 3 is 2.52 bits per heavy atom. The van der Waals surface area contributed by atoms with Crippen molar-refractivity contribution in [1.82, 2.24) is 10.3 Å². The molecule has 1 heterocycles. The van der Waals surface area contributed by atoms with Crippen LogP contribution in [0.5, 0.6) is 5.75 Å². The van der Waals surface area contributed by atoms with Crippen LogP contribution in [0.1, 0.15) is 24.2 Å². The minimum atomic E-state index is 0.261. The van der Waals surface area contributed by atoms with Gasteiger partial charge in [0.05, 0.1) is 12.8 Å². The molecule has 3 rings (SSSR count). The molecule has 23 heavy (non-hydrogen) atoms. The van der Waals surface area contributed by atoms with Crippen LogP contribution < -0.4 is 10.1 Å². The van der Waals surface area contributed by atoms with Crippen molar-refractivity contribution in [1.29, 1.82) is 0 Å². The van der Waals surface area contributed by atoms with E-state index in [1.807, 2.05) is 42.5 Å². The topological polar surface area (TPSA) is 47.3 Å². The summed E-state index contributed by atoms with van der Waals surface area (Å²) in [4.78, 5) is 4.53. The van der Waals surface area contributed by atoms with Crippen LogP contribution in [0, 0.1) is 0 Å². The summed E-state index contributed by atoms with van der Waals surface area (Å²) in [6.07, 6.45) is 1.70. The van der Waals surface area contributed by atoms with Crippen molar-refractivity contribution in [2.45, 2.75) is 19.5 Å². The number of nitrogens with one attached hydrogen (secondary N) is 1. The van der Waals surface area contributed by atoms with Crippen molar-refractivity contribution in [3.63, 3.8) is 0 Å². The number of oxazole rings is 1. The summed E-state index contributed by atoms with van der Waals surface area (Å²) >= 11 is 0. The number of ether oxygens (including phenoxy) is 1. The Morgan fingerprint density at radius 1 is 1.09 bits per heavy atom. The first-order valence-corrected chi connectivity index (χ1v) is 7.63. The van der Waals surface area contributed by atoms with Crippen LogP contribution in [0.2, 0.25) is 0 Å². The summed E-state index contributed by atoms with van der Waals surface area (Å²) < 4.78 is 10.7. The largest absolute Gasteiger partial charge is 0.497 e. The fourth-order valence-corrected chi connectivity index (χ4v) is 2.37. The van der Waals surface area contributed by atoms with Crippen LogP contribution in [0.4, 0.5) is 0 Å². The van der Waals surface area contributed by atoms with Gasteiger partial charge in [-0.3, -0.25) is 0 Å². The molecule has 2 aromatic carbocycles. The van der Waals surface area contributed by atoms with Gasteiger partial charge < -0.3 is 14.5 Å². The maximum absolute atomic E-state index is 5.57. The minimum Gasteiger partial charge on any atom is -0.497 e. The maximum atomic E-state index is 5.57. The average molecular weight is 308 g/mol. The van der Waals surface area contributed by atoms with Crippen molar-refractivity contribution >= 4 is 0 Å². The van der Waals surface area contributed by atoms with Crippen molar-refractivity contribution < 1.29 is 9.15 Å². The molecule has 0 fully saturated rings. The molecule has 0 amide bonds. The van der Waals surface area contributed by atoms with Crippen LogP contribution in [-0.2, 0) is 6.54 Å². The van der Waals surface area contributed by atoms with Gasteiger partial charge in [0.2, 0.25) is 5.89 Å². The molecule has 0 spiro atoms. The van der Waals surface area contributed by atoms with E-state index < -0.39 is 0 Å². The third-order valence-corrected chi connectivity index (χ3v) is 3.78. The van der Waals surface area contributed by atoms with Crippen molar-refractivity contribution in [3.05, 3.63) is 72.1 Å². The van der Waals surface area contributed by atoms with Gasteiger partial charge in [-0.1, -0.05) is 30.3 Å². The summed E-state index contributed by atoms with van der Waals surface area (Å²) in [7, 11) is 1.65. The smallest absolute Gasteiger partial charge is 0.226 e. The lowest BCUT2D eigenvalue weighted by Crippen LogP contribution is -2.18. The van der Waals surface area contributed by atoms with Crippen LogP contribution in [0.15, 0.2) is 65.3 Å². The predicted molar refractivity (Wildman–Crippen MR) is 90.2 cm³/mol. The van der Waals surface area contributed by atoms with Gasteiger partial charge in [-0.05, 0) is 36.8 Å². The molecule has 4 heteroatoms. The highest BCUT2D eigenvalue weighted by molar-refractivity contribution is 5.54. The molecule has 0 saturated carbocycles. The second-order valence-electron chi connectivity index (χ2n) is 5.39. The molecule has 0 bridgehead atoms. The molecule has 118 valence electrons. The number of hydrogen-bond donors (Lipinski definition) is 1. The van der Waals surface area contributed by atoms with E-state index in [9.17, 15) is 0 Å². The number of hydrogen-bond acceptors (Lipinski definition) is 4. The third kappa shape index (κ3) is 3.79. The van der Waals surface area contributed by atoms with Gasteiger partial charge in [0.15, 0.2) is 0 Å². The number of nitrogens with zero attached hydrogens (tertiary/aromatic N) is 1. The summed E-state index contributed by atoms with van der Waals surface area (Å²) in [5.74, 6) is 1.44. The van der Waals surface area contributed by atoms with E-state index in [1.54, 1.807) is 13.4 Å². The fraction of sp³-hybridized carbons (Fsp3) is 0.211. The Balaban J connectivity index is 1.63. The van der Waals surface area contributed by atoms with Gasteiger partial charge in [0, 0.05) is 18.2 Å². The lowest BCUT2D eigenvalue weighted by atomic mass is 10.1. The minimum absolute atomic E-state index is 0.261. The second-order valence-corrected chi connectivity index (χ2v) is 5.39. The SMILES string of the molecule is COc1ccc(-c2nc(CNC(C)c3ccccc3)co2)cc1. The molecular weight excluding hydrogens is 288 g/mol. The maximum Gasteiger partial charge on any atom is 0.226 e. The van der Waals surface area contributed by atoms with E-state index in [0.717, 1.165) is 17.0 Å². The molecule has 1 unspecified atom stereocenters. The molecule has 4 nitrogen and oxygen atoms in total. The molecule has 0 aliphatic heterocycles. The first-order chi connectivity index (χ1) is 11.3. The van der Waals surface area contributed by atoms with Crippen molar-refractivity contribution in [3.8, 4) is 17.2 Å². The Hall–Kier alpha value is -2.59. The van der Waals surface area contributed by atoms with Gasteiger partial charge in [0.25, 0.3) is 0 Å². The fourth-order valence-electron chi connectivity index (χ4n) is 2.37. The molecule has 1 aromatic heterocycles. The Morgan fingerprint density at radius 2 is 1.83 bits per heavy atom. The zero-order valence-electron chi connectivity index (χ0n) is 13.3. The van der Waals surface area contributed by atoms with E-state index in [0.29, 0.717) is 12.4 Å². The van der Waals surface area contributed by atoms with Gasteiger partial charge in [0.1, 0.15) is 12.0 Å². The molecule has 1 N–H and O–H groups in total. The second kappa shape index (κ2) is 7.11. The Kier molecular flexibility index (Phi) is 4.74. The lowest BCUT2D eigenvalue weighted by Gasteiger charge is -2.12. The van der Waals surface area contributed by atoms with Crippen LogP contribution in [0.25, 0.3) is 11.5 Å². The van der Waals surface area contributed by atoms with E-state index in [4.69, 9.17) is 9.15 Å². The molecule has 3 aromatic rings. The van der Waals surface area contributed by atoms with E-state index in [1.165, 1.54) is 5.56 Å². The van der Waals surface area contributed by atoms with E-state index in [-0.39, 0.29) is 6.04 Å². The van der Waals surface area contributed by atoms with Gasteiger partial charge in [-0.25, -0.2) is 4.98 Å². The number of methoxy groups -OCH3 is 1. The van der Waals surface area contributed by atoms with Gasteiger partial charge >= 0.3 is 0 Å². The van der Waals surface area contributed by atoms with Crippen LogP contribution in [0.3, 0.4) is 0 Å². The zero-order chi connectivity index (χ0) is 16.1. The number of aromatic nitrogens is 1. The highest BCUT2D eigenvalue weighted by Crippen LogP contribution is 2.22. The first kappa shape index (κ1) is 15.3. The summed E-state index contributed by atoms with van der Waals surface area (Å²) in [6.45, 7) is 2.80. The first-order valence-electron chi connectivity index (χ1n) is 7.63. The highest BCUT2D eigenvalue weighted by Gasteiger charge is 2.09. The van der Waals surface area contributed by atoms with E-state index >= 15 is 0 Å². The average Bonchev–Trinajstić information content (AvgIpc) is 3.09. The summed E-state index contributed by atoms with van der Waals surface area (Å²) in [6, 6.07) is 18.3. The summed E-state index contributed by atoms with van der Waals surface area (Å²) in [5.41, 5.74) is 3.08. The van der Waals surface area contributed by atoms with Crippen LogP contribution >= 0.6 is 0 Å². The van der Waals surface area contributed by atoms with Gasteiger partial charge in [-0.15, -0.1) is 0 Å². The Labute approximate surface area is 136 Å². The normalized spacial score (nSPS) is 12.1. The summed E-state index contributed by atoms with van der Waals surface area (Å²) in [5, 5.41) is 3.46. The number of rotatable bonds is 6. The molecule has 0 aliphatic carbocycles. The van der Waals surface area contributed by atoms with Gasteiger partial charge in [-0.2, -0.15) is 0 Å². The quantitative estimate of drug-likeness (QED) is 0.741. The van der Waals surface area contributed by atoms with Crippen LogP contribution in [-0.4, -0.2) is 12.1 Å². The Bertz CT molecular complexity index is 736. The zero-order valence-corrected chi connectivity index (χ0v) is 13.3. The standard InChI is InChI=1S/C19H20N2O2/c1-14(15-6-4-3-5-7-15)20-12-17-13-23-19(21-17)16-8-10-18(22-2)11-9-16/h3-11,13-14,20H,12H2,1-2H3. The van der Waals surface area contributed by atoms with E-state index in [2.05, 4.69) is 29.4 Å². The molecule has 0 radical (unpaired) electrons. The molecule has 0 saturated heterocycles. The highest BCUT2D eigenvalue weighted by atomic mass is 16.5. The van der Waals surface area contributed by atoms with Crippen molar-refractivity contribution in [2.24, 2.45) is 0 Å².